The summed E-state index contributed by atoms with van der Waals surface area (Å²) in [4.78, 5) is 0. The molecule has 0 spiro atoms. The lowest BCUT2D eigenvalue weighted by atomic mass is 10.2. The van der Waals surface area contributed by atoms with Crippen LogP contribution in [0.2, 0.25) is 0 Å². The fourth-order valence-corrected chi connectivity index (χ4v) is 1.26. The lowest BCUT2D eigenvalue weighted by Crippen LogP contribution is -2.03. The maximum atomic E-state index is 13.7. The van der Waals surface area contributed by atoms with Crippen molar-refractivity contribution < 1.29 is 13.5 Å². The molecule has 0 heterocycles. The summed E-state index contributed by atoms with van der Waals surface area (Å²) in [7, 11) is 0. The number of benzene rings is 1. The number of nitrogens with zero attached hydrogens (tertiary/aromatic N) is 3. The average molecular weight is 278 g/mol. The van der Waals surface area contributed by atoms with Crippen LogP contribution in [-0.4, -0.2) is 12.3 Å². The minimum absolute atomic E-state index is 0.0729. The minimum Gasteiger partial charge on any atom is -0.493 e. The summed E-state index contributed by atoms with van der Waals surface area (Å²) >= 11 is 0. The van der Waals surface area contributed by atoms with Crippen LogP contribution >= 0.6 is 0 Å². The number of hydrogen-bond donors (Lipinski definition) is 1. The van der Waals surface area contributed by atoms with E-state index in [1.807, 2.05) is 12.3 Å². The molecule has 0 radical (unpaired) electrons. The average Bonchev–Trinajstić information content (AvgIpc) is 2.42. The topological polar surface area (TPSA) is 81.2 Å². The van der Waals surface area contributed by atoms with E-state index in [1.165, 1.54) is 12.1 Å². The van der Waals surface area contributed by atoms with E-state index in [9.17, 15) is 8.78 Å². The second-order valence-corrected chi connectivity index (χ2v) is 3.76. The van der Waals surface area contributed by atoms with E-state index in [4.69, 9.17) is 15.3 Å². The molecule has 0 aliphatic carbocycles. The van der Waals surface area contributed by atoms with Crippen LogP contribution in [0.5, 0.6) is 5.75 Å². The van der Waals surface area contributed by atoms with Crippen molar-refractivity contribution in [2.75, 3.05) is 12.0 Å². The highest BCUT2D eigenvalue weighted by atomic mass is 19.1. The zero-order chi connectivity index (χ0) is 15.0. The van der Waals surface area contributed by atoms with E-state index in [0.29, 0.717) is 6.61 Å². The molecule has 7 heteroatoms. The largest absolute Gasteiger partial charge is 0.493 e. The van der Waals surface area contributed by atoms with Gasteiger partial charge in [-0.05, 0) is 6.42 Å². The number of ether oxygens (including phenoxy) is 1. The van der Waals surface area contributed by atoms with Crippen molar-refractivity contribution in [3.63, 3.8) is 0 Å². The normalized spacial score (nSPS) is 9.25. The number of unbranched alkanes of at least 4 members (excludes halogenated alkanes) is 1. The first-order valence-corrected chi connectivity index (χ1v) is 5.88. The molecule has 5 nitrogen and oxygen atoms in total. The van der Waals surface area contributed by atoms with E-state index in [1.54, 1.807) is 0 Å². The third-order valence-corrected chi connectivity index (χ3v) is 2.27. The van der Waals surface area contributed by atoms with E-state index < -0.39 is 23.0 Å². The van der Waals surface area contributed by atoms with Crippen molar-refractivity contribution in [2.45, 2.75) is 19.8 Å². The maximum absolute atomic E-state index is 13.7. The Morgan fingerprint density at radius 3 is 2.40 bits per heavy atom. The second-order valence-electron chi connectivity index (χ2n) is 3.76. The van der Waals surface area contributed by atoms with E-state index in [0.717, 1.165) is 25.0 Å². The SMILES string of the molecule is CCCCOc1cc(F)c(NN=C(C#N)C#N)c(F)c1. The molecule has 0 bridgehead atoms. The van der Waals surface area contributed by atoms with Gasteiger partial charge in [0, 0.05) is 12.1 Å². The van der Waals surface area contributed by atoms with Gasteiger partial charge in [0.05, 0.1) is 6.61 Å². The Kier molecular flexibility index (Phi) is 5.92. The smallest absolute Gasteiger partial charge is 0.237 e. The molecule has 0 amide bonds. The van der Waals surface area contributed by atoms with Gasteiger partial charge in [-0.2, -0.15) is 15.6 Å². The summed E-state index contributed by atoms with van der Waals surface area (Å²) in [6.07, 6.45) is 1.69. The second kappa shape index (κ2) is 7.70. The van der Waals surface area contributed by atoms with E-state index in [2.05, 4.69) is 5.10 Å². The molecular weight excluding hydrogens is 266 g/mol. The standard InChI is InChI=1S/C13H12F2N4O/c1-2-3-4-20-10-5-11(14)13(12(15)6-10)19-18-9(7-16)8-17/h5-6,19H,2-4H2,1H3. The summed E-state index contributed by atoms with van der Waals surface area (Å²) in [5.74, 6) is -1.77. The highest BCUT2D eigenvalue weighted by molar-refractivity contribution is 6.10. The van der Waals surface area contributed by atoms with Gasteiger partial charge in [0.25, 0.3) is 0 Å². The Bertz CT molecular complexity index is 548. The molecule has 0 saturated carbocycles. The fraction of sp³-hybridized carbons (Fsp3) is 0.308. The number of anilines is 1. The van der Waals surface area contributed by atoms with Crippen LogP contribution in [0.3, 0.4) is 0 Å². The molecule has 0 aliphatic heterocycles. The first kappa shape index (κ1) is 15.4. The van der Waals surface area contributed by atoms with Gasteiger partial charge in [0.2, 0.25) is 5.71 Å². The van der Waals surface area contributed by atoms with Gasteiger partial charge >= 0.3 is 0 Å². The first-order valence-electron chi connectivity index (χ1n) is 5.88. The molecule has 1 aromatic carbocycles. The summed E-state index contributed by atoms with van der Waals surface area (Å²) in [5.41, 5.74) is 0.934. The highest BCUT2D eigenvalue weighted by Gasteiger charge is 2.12. The molecule has 0 aliphatic rings. The molecule has 0 saturated heterocycles. The summed E-state index contributed by atoms with van der Waals surface area (Å²) < 4.78 is 32.5. The third-order valence-electron chi connectivity index (χ3n) is 2.27. The Labute approximate surface area is 115 Å². The van der Waals surface area contributed by atoms with Gasteiger partial charge in [-0.25, -0.2) is 8.78 Å². The van der Waals surface area contributed by atoms with Crippen LogP contribution in [-0.2, 0) is 0 Å². The van der Waals surface area contributed by atoms with Crippen LogP contribution in [0.4, 0.5) is 14.5 Å². The van der Waals surface area contributed by atoms with Crippen molar-refractivity contribution in [3.05, 3.63) is 23.8 Å². The number of halogens is 2. The van der Waals surface area contributed by atoms with Crippen LogP contribution < -0.4 is 10.2 Å². The number of nitrogens with one attached hydrogen (secondary N) is 1. The van der Waals surface area contributed by atoms with Crippen molar-refractivity contribution in [1.29, 1.82) is 10.5 Å². The molecule has 1 N–H and O–H groups in total. The van der Waals surface area contributed by atoms with Crippen LogP contribution in [0, 0.1) is 34.3 Å². The van der Waals surface area contributed by atoms with Crippen molar-refractivity contribution >= 4 is 11.4 Å². The number of nitriles is 2. The van der Waals surface area contributed by atoms with Crippen LogP contribution in [0.25, 0.3) is 0 Å². The zero-order valence-electron chi connectivity index (χ0n) is 10.8. The molecule has 104 valence electrons. The van der Waals surface area contributed by atoms with Gasteiger partial charge in [0.1, 0.15) is 23.6 Å². The quantitative estimate of drug-likeness (QED) is 0.492. The fourth-order valence-electron chi connectivity index (χ4n) is 1.26. The summed E-state index contributed by atoms with van der Waals surface area (Å²) in [5, 5.41) is 20.2. The van der Waals surface area contributed by atoms with Gasteiger partial charge in [-0.15, -0.1) is 0 Å². The molecule has 20 heavy (non-hydrogen) atoms. The van der Waals surface area contributed by atoms with Crippen LogP contribution in [0.15, 0.2) is 17.2 Å². The predicted octanol–water partition coefficient (Wildman–Crippen LogP) is 2.96. The molecule has 0 aromatic heterocycles. The Hall–Kier alpha value is -2.67. The molecule has 1 rings (SSSR count). The zero-order valence-corrected chi connectivity index (χ0v) is 10.8. The van der Waals surface area contributed by atoms with E-state index >= 15 is 0 Å². The number of hydrazone groups is 1. The molecular formula is C13H12F2N4O. The lowest BCUT2D eigenvalue weighted by molar-refractivity contribution is 0.306. The van der Waals surface area contributed by atoms with Gasteiger partial charge < -0.3 is 4.74 Å². The number of rotatable bonds is 6. The first-order chi connectivity index (χ1) is 9.62. The number of hydrogen-bond acceptors (Lipinski definition) is 5. The summed E-state index contributed by atoms with van der Waals surface area (Å²) in [6, 6.07) is 4.94. The minimum atomic E-state index is -0.921. The van der Waals surface area contributed by atoms with Crippen LogP contribution in [0.1, 0.15) is 19.8 Å². The Morgan fingerprint density at radius 1 is 1.30 bits per heavy atom. The Morgan fingerprint density at radius 2 is 1.90 bits per heavy atom. The van der Waals surface area contributed by atoms with Gasteiger partial charge in [0.15, 0.2) is 11.6 Å². The van der Waals surface area contributed by atoms with Crippen molar-refractivity contribution in [2.24, 2.45) is 5.10 Å². The lowest BCUT2D eigenvalue weighted by Gasteiger charge is -2.09. The Balaban J connectivity index is 2.87. The predicted molar refractivity (Wildman–Crippen MR) is 69.0 cm³/mol. The van der Waals surface area contributed by atoms with Crippen molar-refractivity contribution in [3.8, 4) is 17.9 Å². The maximum Gasteiger partial charge on any atom is 0.237 e. The molecule has 0 fully saturated rings. The van der Waals surface area contributed by atoms with E-state index in [-0.39, 0.29) is 5.75 Å². The third kappa shape index (κ3) is 4.21. The van der Waals surface area contributed by atoms with Crippen molar-refractivity contribution in [1.82, 2.24) is 0 Å². The van der Waals surface area contributed by atoms with Gasteiger partial charge in [-0.3, -0.25) is 5.43 Å². The highest BCUT2D eigenvalue weighted by Crippen LogP contribution is 2.25. The van der Waals surface area contributed by atoms with Gasteiger partial charge in [-0.1, -0.05) is 13.3 Å². The molecule has 0 atom stereocenters. The monoisotopic (exact) mass is 278 g/mol. The summed E-state index contributed by atoms with van der Waals surface area (Å²) in [6.45, 7) is 2.34. The molecule has 1 aromatic rings. The molecule has 0 unspecified atom stereocenters.